The van der Waals surface area contributed by atoms with Crippen molar-refractivity contribution in [2.75, 3.05) is 25.2 Å². The van der Waals surface area contributed by atoms with Crippen molar-refractivity contribution in [1.29, 1.82) is 0 Å². The van der Waals surface area contributed by atoms with Crippen LogP contribution in [0.2, 0.25) is 0 Å². The van der Waals surface area contributed by atoms with Crippen LogP contribution in [-0.4, -0.2) is 39.6 Å². The smallest absolute Gasteiger partial charge is 0.307 e. The predicted octanol–water partition coefficient (Wildman–Crippen LogP) is 5.90. The second kappa shape index (κ2) is 12.8. The monoisotopic (exact) mass is 572 g/mol. The van der Waals surface area contributed by atoms with Gasteiger partial charge in [-0.15, -0.1) is 6.42 Å². The van der Waals surface area contributed by atoms with Crippen LogP contribution in [0.3, 0.4) is 0 Å². The van der Waals surface area contributed by atoms with Crippen molar-refractivity contribution >= 4 is 15.8 Å². The number of sulfone groups is 1. The van der Waals surface area contributed by atoms with Gasteiger partial charge in [-0.05, 0) is 102 Å². The Morgan fingerprint density at radius 1 is 0.927 bits per heavy atom. The first-order chi connectivity index (χ1) is 19.8. The number of hydrogen-bond donors (Lipinski definition) is 0. The molecule has 0 aromatic heterocycles. The van der Waals surface area contributed by atoms with Crippen LogP contribution in [0.25, 0.3) is 11.1 Å². The van der Waals surface area contributed by atoms with Crippen molar-refractivity contribution in [3.63, 3.8) is 0 Å². The van der Waals surface area contributed by atoms with E-state index in [1.54, 1.807) is 0 Å². The first-order valence-electron chi connectivity index (χ1n) is 14.2. The molecule has 0 radical (unpaired) electrons. The van der Waals surface area contributed by atoms with Gasteiger partial charge in [-0.2, -0.15) is 0 Å². The van der Waals surface area contributed by atoms with Crippen molar-refractivity contribution in [3.8, 4) is 35.0 Å². The second-order valence-electron chi connectivity index (χ2n) is 10.9. The third kappa shape index (κ3) is 7.31. The largest absolute Gasteiger partial charge is 0.493 e. The van der Waals surface area contributed by atoms with Crippen LogP contribution in [-0.2, 0) is 38.8 Å². The van der Waals surface area contributed by atoms with Gasteiger partial charge in [0.1, 0.15) is 27.9 Å². The number of benzene rings is 3. The number of methoxy groups -OCH3 is 1. The minimum atomic E-state index is -2.86. The molecule has 5 rings (SSSR count). The van der Waals surface area contributed by atoms with Crippen molar-refractivity contribution < 1.29 is 27.4 Å². The van der Waals surface area contributed by atoms with Gasteiger partial charge >= 0.3 is 5.97 Å². The minimum Gasteiger partial charge on any atom is -0.493 e. The molecule has 1 unspecified atom stereocenters. The quantitative estimate of drug-likeness (QED) is 0.235. The van der Waals surface area contributed by atoms with Crippen molar-refractivity contribution in [1.82, 2.24) is 0 Å². The van der Waals surface area contributed by atoms with Crippen LogP contribution in [0.5, 0.6) is 11.5 Å². The number of terminal acetylenes is 1. The molecule has 1 heterocycles. The lowest BCUT2D eigenvalue weighted by molar-refractivity contribution is -0.140. The van der Waals surface area contributed by atoms with Gasteiger partial charge in [0.25, 0.3) is 0 Å². The van der Waals surface area contributed by atoms with Gasteiger partial charge in [0.2, 0.25) is 0 Å². The maximum absolute atomic E-state index is 11.7. The summed E-state index contributed by atoms with van der Waals surface area (Å²) in [6.45, 7) is 0.989. The number of hydrogen-bond acceptors (Lipinski definition) is 6. The van der Waals surface area contributed by atoms with E-state index in [9.17, 15) is 13.2 Å². The molecule has 1 aliphatic carbocycles. The molecule has 1 aliphatic heterocycles. The van der Waals surface area contributed by atoms with Gasteiger partial charge in [-0.3, -0.25) is 4.79 Å². The van der Waals surface area contributed by atoms with Gasteiger partial charge in [0, 0.05) is 0 Å². The molecule has 214 valence electrons. The fourth-order valence-corrected chi connectivity index (χ4v) is 7.18. The molecule has 0 spiro atoms. The molecule has 41 heavy (non-hydrogen) atoms. The van der Waals surface area contributed by atoms with Crippen molar-refractivity contribution in [3.05, 3.63) is 82.9 Å². The lowest BCUT2D eigenvalue weighted by atomic mass is 9.95. The van der Waals surface area contributed by atoms with Gasteiger partial charge in [-0.1, -0.05) is 36.3 Å². The Hall–Kier alpha value is -3.76. The third-order valence-electron chi connectivity index (χ3n) is 8.08. The van der Waals surface area contributed by atoms with Gasteiger partial charge in [0.15, 0.2) is 0 Å². The first-order valence-corrected chi connectivity index (χ1v) is 16.0. The van der Waals surface area contributed by atoms with E-state index >= 15 is 0 Å². The molecule has 0 amide bonds. The molecule has 1 saturated heterocycles. The number of aryl methyl sites for hydroxylation is 2. The van der Waals surface area contributed by atoms with E-state index in [0.717, 1.165) is 41.9 Å². The summed E-state index contributed by atoms with van der Waals surface area (Å²) in [5, 5.41) is 0. The highest BCUT2D eigenvalue weighted by Crippen LogP contribution is 2.36. The average molecular weight is 573 g/mol. The molecule has 3 aromatic rings. The zero-order chi connectivity index (χ0) is 28.8. The Labute approximate surface area is 242 Å². The summed E-state index contributed by atoms with van der Waals surface area (Å²) < 4.78 is 40.4. The number of fused-ring (bicyclic) bond motifs is 3. The molecular weight excluding hydrogens is 536 g/mol. The summed E-state index contributed by atoms with van der Waals surface area (Å²) in [6, 6.07) is 20.4. The fourth-order valence-electron chi connectivity index (χ4n) is 5.59. The highest BCUT2D eigenvalue weighted by atomic mass is 32.2. The summed E-state index contributed by atoms with van der Waals surface area (Å²) in [4.78, 5) is 11.6. The third-order valence-corrected chi connectivity index (χ3v) is 9.80. The normalized spacial score (nSPS) is 16.8. The van der Waals surface area contributed by atoms with Crippen LogP contribution in [0.4, 0.5) is 0 Å². The molecule has 0 saturated carbocycles. The lowest BCUT2D eigenvalue weighted by Crippen LogP contribution is -2.26. The Balaban J connectivity index is 1.24. The van der Waals surface area contributed by atoms with Crippen LogP contribution in [0.1, 0.15) is 53.9 Å². The highest BCUT2D eigenvalue weighted by molar-refractivity contribution is 7.91. The molecule has 7 heteroatoms. The van der Waals surface area contributed by atoms with Crippen LogP contribution < -0.4 is 9.47 Å². The van der Waals surface area contributed by atoms with Crippen LogP contribution in [0, 0.1) is 18.3 Å². The standard InChI is InChI=1S/C34H36O6S/c1-3-26(21-34(35)38-2)27-9-11-30(12-10-27)39-23-25-7-8-28-5-4-6-29-20-31(13-14-32(29)33(28)19-25)40-22-24-15-17-41(36,37)18-16-24/h1,7-14,19-20,24,26H,4-6,15-18,21-23H2,2H3. The number of ether oxygens (including phenoxy) is 3. The van der Waals surface area contributed by atoms with E-state index < -0.39 is 9.84 Å². The molecule has 0 N–H and O–H groups in total. The van der Waals surface area contributed by atoms with Gasteiger partial charge < -0.3 is 14.2 Å². The molecule has 1 fully saturated rings. The van der Waals surface area contributed by atoms with Crippen molar-refractivity contribution in [2.24, 2.45) is 5.92 Å². The number of rotatable bonds is 9. The zero-order valence-corrected chi connectivity index (χ0v) is 24.3. The highest BCUT2D eigenvalue weighted by Gasteiger charge is 2.24. The Kier molecular flexibility index (Phi) is 8.99. The topological polar surface area (TPSA) is 78.9 Å². The van der Waals surface area contributed by atoms with Crippen LogP contribution >= 0.6 is 0 Å². The SMILES string of the molecule is C#CC(CC(=O)OC)c1ccc(OCc2ccc3c(c2)-c2ccc(OCC4CCS(=O)(=O)CC4)cc2CCC3)cc1. The number of carbonyl (C=O) groups excluding carboxylic acids is 1. The minimum absolute atomic E-state index is 0.143. The number of esters is 1. The summed E-state index contributed by atoms with van der Waals surface area (Å²) >= 11 is 0. The van der Waals surface area contributed by atoms with E-state index in [1.807, 2.05) is 30.3 Å². The zero-order valence-electron chi connectivity index (χ0n) is 23.4. The van der Waals surface area contributed by atoms with E-state index in [1.165, 1.54) is 29.4 Å². The summed E-state index contributed by atoms with van der Waals surface area (Å²) in [7, 11) is -1.50. The fraction of sp³-hybridized carbons (Fsp3) is 0.382. The average Bonchev–Trinajstić information content (AvgIpc) is 3.17. The molecule has 2 aliphatic rings. The molecule has 0 bridgehead atoms. The predicted molar refractivity (Wildman–Crippen MR) is 160 cm³/mol. The van der Waals surface area contributed by atoms with E-state index in [-0.39, 0.29) is 35.7 Å². The van der Waals surface area contributed by atoms with E-state index in [0.29, 0.717) is 26.1 Å². The lowest BCUT2D eigenvalue weighted by Gasteiger charge is -2.22. The van der Waals surface area contributed by atoms with Crippen molar-refractivity contribution in [2.45, 2.75) is 51.0 Å². The Bertz CT molecular complexity index is 1520. The molecule has 6 nitrogen and oxygen atoms in total. The Morgan fingerprint density at radius 2 is 1.66 bits per heavy atom. The maximum Gasteiger partial charge on any atom is 0.307 e. The molecular formula is C34H36O6S. The number of carbonyl (C=O) groups is 1. The first kappa shape index (κ1) is 28.8. The van der Waals surface area contributed by atoms with Gasteiger partial charge in [0.05, 0.1) is 37.6 Å². The summed E-state index contributed by atoms with van der Waals surface area (Å²) in [6.07, 6.45) is 10.2. The Morgan fingerprint density at radius 3 is 2.39 bits per heavy atom. The molecule has 1 atom stereocenters. The summed E-state index contributed by atoms with van der Waals surface area (Å²) in [5.74, 6) is 4.40. The van der Waals surface area contributed by atoms with E-state index in [2.05, 4.69) is 36.3 Å². The maximum atomic E-state index is 11.7. The molecule has 3 aromatic carbocycles. The summed E-state index contributed by atoms with van der Waals surface area (Å²) in [5.41, 5.74) is 7.03. The van der Waals surface area contributed by atoms with Crippen LogP contribution in [0.15, 0.2) is 60.7 Å². The van der Waals surface area contributed by atoms with E-state index in [4.69, 9.17) is 20.6 Å². The van der Waals surface area contributed by atoms with Gasteiger partial charge in [-0.25, -0.2) is 8.42 Å². The second-order valence-corrected chi connectivity index (χ2v) is 13.2.